The molecule has 1 aromatic rings. The van der Waals surface area contributed by atoms with Crippen molar-refractivity contribution < 1.29 is 10.1 Å². The van der Waals surface area contributed by atoms with Crippen molar-refractivity contribution in [3.05, 3.63) is 28.2 Å². The van der Waals surface area contributed by atoms with E-state index in [1.165, 1.54) is 12.1 Å². The number of hydrogen-bond donors (Lipinski definition) is 1. The second kappa shape index (κ2) is 3.10. The van der Waals surface area contributed by atoms with E-state index in [2.05, 4.69) is 4.89 Å². The minimum absolute atomic E-state index is 0.200. The number of rotatable bonds is 1. The first-order chi connectivity index (χ1) is 4.74. The lowest BCUT2D eigenvalue weighted by Gasteiger charge is -1.98. The Morgan fingerprint density at radius 1 is 1.30 bits per heavy atom. The van der Waals surface area contributed by atoms with Crippen molar-refractivity contribution in [1.29, 1.82) is 0 Å². The van der Waals surface area contributed by atoms with E-state index < -0.39 is 0 Å². The van der Waals surface area contributed by atoms with E-state index in [-0.39, 0.29) is 10.8 Å². The van der Waals surface area contributed by atoms with Crippen LogP contribution in [0.15, 0.2) is 18.2 Å². The largest absolute Gasteiger partial charge is 0.339 e. The molecule has 1 N–H and O–H groups in total. The van der Waals surface area contributed by atoms with Crippen LogP contribution in [0.4, 0.5) is 0 Å². The van der Waals surface area contributed by atoms with Crippen molar-refractivity contribution in [1.82, 2.24) is 0 Å². The molecule has 0 aliphatic heterocycles. The van der Waals surface area contributed by atoms with Gasteiger partial charge in [-0.25, -0.2) is 5.26 Å². The summed E-state index contributed by atoms with van der Waals surface area (Å²) in [6, 6.07) is 4.53. The van der Waals surface area contributed by atoms with Crippen LogP contribution in [0.25, 0.3) is 0 Å². The molecule has 0 aromatic heterocycles. The highest BCUT2D eigenvalue weighted by Crippen LogP contribution is 2.26. The van der Waals surface area contributed by atoms with E-state index >= 15 is 0 Å². The molecule has 54 valence electrons. The van der Waals surface area contributed by atoms with Crippen molar-refractivity contribution in [2.45, 2.75) is 0 Å². The van der Waals surface area contributed by atoms with Gasteiger partial charge in [-0.3, -0.25) is 0 Å². The van der Waals surface area contributed by atoms with Crippen molar-refractivity contribution in [3.8, 4) is 5.75 Å². The molecule has 0 heterocycles. The van der Waals surface area contributed by atoms with Gasteiger partial charge in [0.2, 0.25) is 0 Å². The molecule has 0 radical (unpaired) electrons. The van der Waals surface area contributed by atoms with Gasteiger partial charge in [-0.1, -0.05) is 23.2 Å². The Hall–Kier alpha value is -0.440. The predicted octanol–water partition coefficient (Wildman–Crippen LogP) is 2.85. The highest BCUT2D eigenvalue weighted by atomic mass is 35.5. The Bertz CT molecular complexity index is 237. The van der Waals surface area contributed by atoms with Crippen LogP contribution in [0.1, 0.15) is 0 Å². The fraction of sp³-hybridized carbons (Fsp3) is 0. The molecule has 0 amide bonds. The van der Waals surface area contributed by atoms with Crippen molar-refractivity contribution >= 4 is 23.2 Å². The minimum Gasteiger partial charge on any atom is -0.339 e. The molecular formula is C6H4Cl2O2. The third-order valence-corrected chi connectivity index (χ3v) is 1.52. The molecule has 0 aliphatic rings. The first-order valence-electron chi connectivity index (χ1n) is 2.50. The highest BCUT2D eigenvalue weighted by Gasteiger charge is 2.00. The normalized spacial score (nSPS) is 9.50. The van der Waals surface area contributed by atoms with Crippen molar-refractivity contribution in [2.75, 3.05) is 0 Å². The van der Waals surface area contributed by atoms with Gasteiger partial charge in [-0.05, 0) is 18.2 Å². The fourth-order valence-electron chi connectivity index (χ4n) is 0.549. The lowest BCUT2D eigenvalue weighted by molar-refractivity contribution is -0.137. The summed E-state index contributed by atoms with van der Waals surface area (Å²) in [6.07, 6.45) is 0. The van der Waals surface area contributed by atoms with Gasteiger partial charge in [0.1, 0.15) is 0 Å². The zero-order valence-electron chi connectivity index (χ0n) is 4.84. The summed E-state index contributed by atoms with van der Waals surface area (Å²) in [5, 5.41) is 8.97. The summed E-state index contributed by atoms with van der Waals surface area (Å²) in [4.78, 5) is 3.91. The molecule has 0 aliphatic carbocycles. The third kappa shape index (κ3) is 1.53. The first-order valence-corrected chi connectivity index (χ1v) is 3.26. The van der Waals surface area contributed by atoms with Crippen LogP contribution < -0.4 is 4.89 Å². The van der Waals surface area contributed by atoms with Gasteiger partial charge < -0.3 is 4.89 Å². The minimum atomic E-state index is 0.200. The average Bonchev–Trinajstić information content (AvgIpc) is 1.88. The molecule has 1 rings (SSSR count). The summed E-state index contributed by atoms with van der Waals surface area (Å²) in [7, 11) is 0. The summed E-state index contributed by atoms with van der Waals surface area (Å²) < 4.78 is 0. The smallest absolute Gasteiger partial charge is 0.183 e. The maximum absolute atomic E-state index is 8.18. The van der Waals surface area contributed by atoms with Crippen LogP contribution in [0.3, 0.4) is 0 Å². The lowest BCUT2D eigenvalue weighted by atomic mass is 10.3. The van der Waals surface area contributed by atoms with Crippen molar-refractivity contribution in [3.63, 3.8) is 0 Å². The van der Waals surface area contributed by atoms with Crippen LogP contribution in [0, 0.1) is 0 Å². The highest BCUT2D eigenvalue weighted by molar-refractivity contribution is 6.35. The van der Waals surface area contributed by atoms with E-state index in [9.17, 15) is 0 Å². The Balaban J connectivity index is 3.07. The first kappa shape index (κ1) is 7.66. The fourth-order valence-corrected chi connectivity index (χ4v) is 0.992. The quantitative estimate of drug-likeness (QED) is 0.530. The lowest BCUT2D eigenvalue weighted by Crippen LogP contribution is -1.83. The third-order valence-electron chi connectivity index (χ3n) is 0.992. The van der Waals surface area contributed by atoms with E-state index in [1.807, 2.05) is 0 Å². The average molecular weight is 179 g/mol. The summed E-state index contributed by atoms with van der Waals surface area (Å²) in [5.41, 5.74) is 0. The second-order valence-electron chi connectivity index (χ2n) is 1.67. The van der Waals surface area contributed by atoms with Crippen LogP contribution in [0.5, 0.6) is 5.75 Å². The predicted molar refractivity (Wildman–Crippen MR) is 39.7 cm³/mol. The molecule has 4 heteroatoms. The molecule has 0 spiro atoms. The van der Waals surface area contributed by atoms with E-state index in [0.29, 0.717) is 5.02 Å². The maximum atomic E-state index is 8.18. The Labute approximate surface area is 67.9 Å². The van der Waals surface area contributed by atoms with Gasteiger partial charge in [-0.15, -0.1) is 0 Å². The van der Waals surface area contributed by atoms with Crippen LogP contribution in [-0.4, -0.2) is 5.26 Å². The Morgan fingerprint density at radius 3 is 2.50 bits per heavy atom. The molecular weight excluding hydrogens is 175 g/mol. The van der Waals surface area contributed by atoms with Gasteiger partial charge >= 0.3 is 0 Å². The molecule has 0 bridgehead atoms. The van der Waals surface area contributed by atoms with E-state index in [4.69, 9.17) is 28.5 Å². The van der Waals surface area contributed by atoms with Crippen LogP contribution in [0.2, 0.25) is 10.0 Å². The monoisotopic (exact) mass is 178 g/mol. The second-order valence-corrected chi connectivity index (χ2v) is 2.51. The van der Waals surface area contributed by atoms with Gasteiger partial charge in [0.25, 0.3) is 0 Å². The molecule has 0 unspecified atom stereocenters. The standard InChI is InChI=1S/C6H4Cl2O2/c7-4-1-2-6(10-9)5(8)3-4/h1-3,9H. The topological polar surface area (TPSA) is 29.5 Å². The zero-order valence-corrected chi connectivity index (χ0v) is 6.36. The molecule has 0 saturated heterocycles. The molecule has 2 nitrogen and oxygen atoms in total. The van der Waals surface area contributed by atoms with Crippen LogP contribution in [-0.2, 0) is 0 Å². The van der Waals surface area contributed by atoms with Crippen molar-refractivity contribution in [2.24, 2.45) is 0 Å². The SMILES string of the molecule is OOc1ccc(Cl)cc1Cl. The van der Waals surface area contributed by atoms with Gasteiger partial charge in [0, 0.05) is 5.02 Å². The number of benzene rings is 1. The molecule has 0 atom stereocenters. The maximum Gasteiger partial charge on any atom is 0.183 e. The molecule has 0 fully saturated rings. The zero-order chi connectivity index (χ0) is 7.56. The number of halogens is 2. The Kier molecular flexibility index (Phi) is 2.38. The van der Waals surface area contributed by atoms with Crippen LogP contribution >= 0.6 is 23.2 Å². The molecule has 10 heavy (non-hydrogen) atoms. The molecule has 0 saturated carbocycles. The van der Waals surface area contributed by atoms with E-state index in [1.54, 1.807) is 6.07 Å². The summed E-state index contributed by atoms with van der Waals surface area (Å²) in [5.74, 6) is 0.200. The van der Waals surface area contributed by atoms with Gasteiger partial charge in [0.05, 0.1) is 5.02 Å². The number of hydrogen-bond acceptors (Lipinski definition) is 2. The summed E-state index contributed by atoms with van der Waals surface area (Å²) in [6.45, 7) is 0. The van der Waals surface area contributed by atoms with Gasteiger partial charge in [0.15, 0.2) is 5.75 Å². The molecule has 1 aromatic carbocycles. The Morgan fingerprint density at radius 2 is 2.00 bits per heavy atom. The van der Waals surface area contributed by atoms with Gasteiger partial charge in [-0.2, -0.15) is 0 Å². The summed E-state index contributed by atoms with van der Waals surface area (Å²) >= 11 is 11.1. The van der Waals surface area contributed by atoms with E-state index in [0.717, 1.165) is 0 Å².